The van der Waals surface area contributed by atoms with Gasteiger partial charge in [0.1, 0.15) is 17.8 Å². The van der Waals surface area contributed by atoms with Crippen LogP contribution in [0.4, 0.5) is 13.2 Å². The molecule has 0 saturated carbocycles. The number of likely N-dealkylation sites (tertiary alicyclic amines) is 1. The molecule has 4 heterocycles. The number of benzene rings is 1. The number of pyridine rings is 2. The van der Waals surface area contributed by atoms with Crippen LogP contribution in [0.3, 0.4) is 0 Å². The molecule has 0 bridgehead atoms. The number of aromatic nitrogens is 2. The highest BCUT2D eigenvalue weighted by Crippen LogP contribution is 2.33. The number of aryl methyl sites for hydroxylation is 1. The first-order chi connectivity index (χ1) is 16.6. The lowest BCUT2D eigenvalue weighted by Crippen LogP contribution is -2.29. The van der Waals surface area contributed by atoms with Gasteiger partial charge in [-0.05, 0) is 82.2 Å². The topological polar surface area (TPSA) is 66.4 Å². The number of hydrogen-bond donors (Lipinski definition) is 0. The molecule has 2 aliphatic rings. The van der Waals surface area contributed by atoms with E-state index in [1.165, 1.54) is 0 Å². The lowest BCUT2D eigenvalue weighted by atomic mass is 9.93. The maximum absolute atomic E-state index is 15.2. The molecule has 6 nitrogen and oxygen atoms in total. The number of fused-ring (bicyclic) bond motifs is 1. The molecule has 0 unspecified atom stereocenters. The summed E-state index contributed by atoms with van der Waals surface area (Å²) >= 11 is 0. The van der Waals surface area contributed by atoms with E-state index in [0.717, 1.165) is 59.0 Å². The zero-order valence-electron chi connectivity index (χ0n) is 19.6. The summed E-state index contributed by atoms with van der Waals surface area (Å²) in [6, 6.07) is 7.07. The molecule has 0 amide bonds. The minimum Gasteiger partial charge on any atom is -0.306 e. The third-order valence-corrected chi connectivity index (χ3v) is 8.88. The fourth-order valence-corrected chi connectivity index (χ4v) is 6.45. The van der Waals surface area contributed by atoms with Crippen LogP contribution in [0.5, 0.6) is 0 Å². The highest BCUT2D eigenvalue weighted by atomic mass is 32.2. The number of nitrogens with zero attached hydrogens (tertiary/aromatic N) is 4. The van der Waals surface area contributed by atoms with Gasteiger partial charge in [0.05, 0.1) is 16.2 Å². The number of rotatable bonds is 4. The second-order valence-corrected chi connectivity index (χ2v) is 11.5. The monoisotopic (exact) mass is 504 g/mol. The van der Waals surface area contributed by atoms with E-state index >= 15 is 8.78 Å². The lowest BCUT2D eigenvalue weighted by molar-refractivity contribution is 0.253. The van der Waals surface area contributed by atoms with Crippen molar-refractivity contribution in [2.45, 2.75) is 43.2 Å². The van der Waals surface area contributed by atoms with Crippen molar-refractivity contribution in [2.75, 3.05) is 33.2 Å². The summed E-state index contributed by atoms with van der Waals surface area (Å²) in [4.78, 5) is 10.9. The van der Waals surface area contributed by atoms with Gasteiger partial charge in [-0.25, -0.2) is 31.6 Å². The summed E-state index contributed by atoms with van der Waals surface area (Å²) < 4.78 is 70.3. The molecule has 5 rings (SSSR count). The summed E-state index contributed by atoms with van der Waals surface area (Å²) in [6.07, 6.45) is 0.741. The fourth-order valence-electron chi connectivity index (χ4n) is 4.94. The van der Waals surface area contributed by atoms with Crippen molar-refractivity contribution in [3.63, 3.8) is 0 Å². The summed E-state index contributed by atoms with van der Waals surface area (Å²) in [7, 11) is -2.12. The molecule has 0 N–H and O–H groups in total. The zero-order chi connectivity index (χ0) is 24.9. The van der Waals surface area contributed by atoms with Crippen molar-refractivity contribution in [3.8, 4) is 11.3 Å². The summed E-state index contributed by atoms with van der Waals surface area (Å²) in [5.74, 6) is -1.79. The molecular weight excluding hydrogens is 477 g/mol. The minimum atomic E-state index is -4.20. The van der Waals surface area contributed by atoms with Crippen molar-refractivity contribution >= 4 is 21.1 Å². The number of piperidine rings is 1. The van der Waals surface area contributed by atoms with E-state index in [-0.39, 0.29) is 25.2 Å². The third kappa shape index (κ3) is 4.54. The zero-order valence-corrected chi connectivity index (χ0v) is 20.5. The molecule has 2 aromatic heterocycles. The minimum absolute atomic E-state index is 0.0226. The van der Waals surface area contributed by atoms with Gasteiger partial charge in [-0.1, -0.05) is 0 Å². The standard InChI is InChI=1S/C25H27F3N4O2S/c1-15-11-23(30-25-19(15)3-4-22(29-25)16-5-8-31(2)9-6-16)24-20(27)12-18(13-21(24)28)35(33,34)32-10-7-17(26)14-32/h3-4,11-13,16-17H,5-10,14H2,1-2H3/t17-/m0/s1. The van der Waals surface area contributed by atoms with Gasteiger partial charge in [-0.15, -0.1) is 0 Å². The molecule has 2 aliphatic heterocycles. The van der Waals surface area contributed by atoms with Crippen LogP contribution in [0.1, 0.15) is 36.4 Å². The Kier molecular flexibility index (Phi) is 6.31. The predicted molar refractivity (Wildman–Crippen MR) is 127 cm³/mol. The van der Waals surface area contributed by atoms with Gasteiger partial charge in [-0.3, -0.25) is 0 Å². The molecule has 1 atom stereocenters. The second-order valence-electron chi connectivity index (χ2n) is 9.52. The Balaban J connectivity index is 1.53. The van der Waals surface area contributed by atoms with Gasteiger partial charge in [0.15, 0.2) is 5.65 Å². The van der Waals surface area contributed by atoms with Crippen LogP contribution in [0, 0.1) is 18.6 Å². The van der Waals surface area contributed by atoms with Crippen molar-refractivity contribution in [3.05, 3.63) is 53.2 Å². The number of hydrogen-bond acceptors (Lipinski definition) is 5. The van der Waals surface area contributed by atoms with E-state index in [1.54, 1.807) is 6.07 Å². The first-order valence-corrected chi connectivity index (χ1v) is 13.2. The molecule has 186 valence electrons. The maximum atomic E-state index is 15.2. The summed E-state index contributed by atoms with van der Waals surface area (Å²) in [5.41, 5.74) is 1.71. The fraction of sp³-hybridized carbons (Fsp3) is 0.440. The Bertz CT molecular complexity index is 1370. The van der Waals surface area contributed by atoms with E-state index < -0.39 is 38.3 Å². The molecule has 35 heavy (non-hydrogen) atoms. The number of sulfonamides is 1. The number of alkyl halides is 1. The lowest BCUT2D eigenvalue weighted by Gasteiger charge is -2.28. The quantitative estimate of drug-likeness (QED) is 0.526. The molecule has 0 radical (unpaired) electrons. The van der Waals surface area contributed by atoms with E-state index in [4.69, 9.17) is 4.98 Å². The average molecular weight is 505 g/mol. The molecule has 0 aliphatic carbocycles. The number of halogens is 3. The largest absolute Gasteiger partial charge is 0.306 e. The van der Waals surface area contributed by atoms with Crippen LogP contribution in [0.15, 0.2) is 35.2 Å². The second kappa shape index (κ2) is 9.15. The SMILES string of the molecule is Cc1cc(-c2c(F)cc(S(=O)(=O)N3CC[C@H](F)C3)cc2F)nc2nc(C3CCN(C)CC3)ccc12. The van der Waals surface area contributed by atoms with Crippen LogP contribution in [0.2, 0.25) is 0 Å². The molecule has 1 aromatic carbocycles. The van der Waals surface area contributed by atoms with Gasteiger partial charge in [0.2, 0.25) is 10.0 Å². The van der Waals surface area contributed by atoms with Gasteiger partial charge in [-0.2, -0.15) is 4.31 Å². The van der Waals surface area contributed by atoms with Gasteiger partial charge in [0.25, 0.3) is 0 Å². The van der Waals surface area contributed by atoms with Crippen molar-refractivity contribution in [2.24, 2.45) is 0 Å². The van der Waals surface area contributed by atoms with Crippen molar-refractivity contribution in [1.29, 1.82) is 0 Å². The van der Waals surface area contributed by atoms with Crippen LogP contribution < -0.4 is 0 Å². The molecular formula is C25H27F3N4O2S. The Labute approximate surface area is 202 Å². The molecule has 10 heteroatoms. The maximum Gasteiger partial charge on any atom is 0.243 e. The predicted octanol–water partition coefficient (Wildman–Crippen LogP) is 4.43. The smallest absolute Gasteiger partial charge is 0.243 e. The van der Waals surface area contributed by atoms with Gasteiger partial charge in [0, 0.05) is 30.1 Å². The Morgan fingerprint density at radius 1 is 0.971 bits per heavy atom. The van der Waals surface area contributed by atoms with Crippen LogP contribution in [0.25, 0.3) is 22.3 Å². The highest BCUT2D eigenvalue weighted by molar-refractivity contribution is 7.89. The van der Waals surface area contributed by atoms with Gasteiger partial charge < -0.3 is 4.90 Å². The Hall–Kier alpha value is -2.56. The highest BCUT2D eigenvalue weighted by Gasteiger charge is 2.34. The Morgan fingerprint density at radius 2 is 1.66 bits per heavy atom. The molecule has 3 aromatic rings. The van der Waals surface area contributed by atoms with E-state index in [1.807, 2.05) is 19.1 Å². The van der Waals surface area contributed by atoms with E-state index in [2.05, 4.69) is 16.9 Å². The average Bonchev–Trinajstić information content (AvgIpc) is 3.26. The van der Waals surface area contributed by atoms with Gasteiger partial charge >= 0.3 is 0 Å². The summed E-state index contributed by atoms with van der Waals surface area (Å²) in [6.45, 7) is 3.44. The third-order valence-electron chi connectivity index (χ3n) is 7.04. The van der Waals surface area contributed by atoms with Crippen LogP contribution >= 0.6 is 0 Å². The normalized spacial score (nSPS) is 20.7. The van der Waals surface area contributed by atoms with Crippen molar-refractivity contribution < 1.29 is 21.6 Å². The van der Waals surface area contributed by atoms with Crippen molar-refractivity contribution in [1.82, 2.24) is 19.2 Å². The van der Waals surface area contributed by atoms with E-state index in [0.29, 0.717) is 11.6 Å². The molecule has 2 fully saturated rings. The Morgan fingerprint density at radius 3 is 2.29 bits per heavy atom. The first-order valence-electron chi connectivity index (χ1n) is 11.7. The first kappa shape index (κ1) is 24.1. The van der Waals surface area contributed by atoms with Crippen LogP contribution in [-0.2, 0) is 10.0 Å². The molecule has 0 spiro atoms. The van der Waals surface area contributed by atoms with Crippen LogP contribution in [-0.4, -0.2) is 67.0 Å². The summed E-state index contributed by atoms with van der Waals surface area (Å²) in [5, 5.41) is 0.792. The van der Waals surface area contributed by atoms with E-state index in [9.17, 15) is 12.8 Å². The molecule has 2 saturated heterocycles.